The van der Waals surface area contributed by atoms with Crippen molar-refractivity contribution in [2.75, 3.05) is 17.3 Å². The second kappa shape index (κ2) is 11.5. The predicted octanol–water partition coefficient (Wildman–Crippen LogP) is 2.11. The van der Waals surface area contributed by atoms with E-state index >= 15 is 0 Å². The van der Waals surface area contributed by atoms with Crippen LogP contribution >= 0.6 is 23.5 Å². The number of ketones is 1. The van der Waals surface area contributed by atoms with Gasteiger partial charge < -0.3 is 20.4 Å². The minimum atomic E-state index is -0.832. The van der Waals surface area contributed by atoms with Gasteiger partial charge in [-0.2, -0.15) is 11.8 Å². The van der Waals surface area contributed by atoms with Gasteiger partial charge in [-0.15, -0.1) is 11.8 Å². The Bertz CT molecular complexity index is 693. The van der Waals surface area contributed by atoms with Crippen molar-refractivity contribution in [2.24, 2.45) is 5.92 Å². The first-order valence-corrected chi connectivity index (χ1v) is 11.3. The summed E-state index contributed by atoms with van der Waals surface area (Å²) in [5.41, 5.74) is 0.796. The normalized spacial score (nSPS) is 23.4. The van der Waals surface area contributed by atoms with E-state index in [-0.39, 0.29) is 34.9 Å². The minimum absolute atomic E-state index is 0.00723. The van der Waals surface area contributed by atoms with Gasteiger partial charge >= 0.3 is 5.97 Å². The van der Waals surface area contributed by atoms with Gasteiger partial charge in [0, 0.05) is 18.8 Å². The zero-order valence-corrected chi connectivity index (χ0v) is 17.1. The maximum absolute atomic E-state index is 12.2. The van der Waals surface area contributed by atoms with E-state index in [1.807, 2.05) is 6.07 Å². The highest BCUT2D eigenvalue weighted by atomic mass is 32.2. The Balaban J connectivity index is 1.83. The SMILES string of the molecule is O=C(O)CSCCCS[C@H]1C(=O)C[C@@H](O)[C@@H]1/C=C/C(O)Cc1cccc(O)c1. The number of carboxylic acids is 1. The molecule has 0 aromatic heterocycles. The molecule has 4 atom stereocenters. The number of carboxylic acid groups (broad SMARTS) is 1. The van der Waals surface area contributed by atoms with Crippen LogP contribution in [0.25, 0.3) is 0 Å². The molecule has 0 aliphatic heterocycles. The second-order valence-corrected chi connectivity index (χ2v) is 9.09. The number of thioether (sulfide) groups is 2. The number of aliphatic hydroxyl groups excluding tert-OH is 2. The summed E-state index contributed by atoms with van der Waals surface area (Å²) in [4.78, 5) is 22.7. The first kappa shape index (κ1) is 22.8. The molecule has 1 fully saturated rings. The van der Waals surface area contributed by atoms with E-state index in [2.05, 4.69) is 0 Å². The number of aliphatic carboxylic acids is 1. The number of benzene rings is 1. The van der Waals surface area contributed by atoms with Crippen LogP contribution in [0.3, 0.4) is 0 Å². The van der Waals surface area contributed by atoms with Crippen LogP contribution in [-0.4, -0.2) is 66.9 Å². The van der Waals surface area contributed by atoms with Gasteiger partial charge in [-0.05, 0) is 35.6 Å². The molecule has 0 heterocycles. The quantitative estimate of drug-likeness (QED) is 0.314. The number of hydrogen-bond donors (Lipinski definition) is 4. The molecule has 6 nitrogen and oxygen atoms in total. The summed E-state index contributed by atoms with van der Waals surface area (Å²) in [7, 11) is 0. The highest BCUT2D eigenvalue weighted by Gasteiger charge is 2.40. The number of phenolic OH excluding ortho intramolecular Hbond substituents is 1. The lowest BCUT2D eigenvalue weighted by molar-refractivity contribution is -0.133. The molecule has 0 radical (unpaired) electrons. The number of phenols is 1. The van der Waals surface area contributed by atoms with Crippen molar-refractivity contribution >= 4 is 35.3 Å². The Morgan fingerprint density at radius 2 is 2.11 bits per heavy atom. The van der Waals surface area contributed by atoms with Crippen molar-refractivity contribution in [3.8, 4) is 5.75 Å². The largest absolute Gasteiger partial charge is 0.508 e. The van der Waals surface area contributed by atoms with Gasteiger partial charge in [0.15, 0.2) is 0 Å². The van der Waals surface area contributed by atoms with Crippen molar-refractivity contribution in [1.82, 2.24) is 0 Å². The third-order valence-corrected chi connectivity index (χ3v) is 6.88. The van der Waals surface area contributed by atoms with Gasteiger partial charge in [0.1, 0.15) is 11.5 Å². The van der Waals surface area contributed by atoms with Crippen LogP contribution in [0.5, 0.6) is 5.75 Å². The van der Waals surface area contributed by atoms with Crippen molar-refractivity contribution < 1.29 is 30.0 Å². The smallest absolute Gasteiger partial charge is 0.313 e. The highest BCUT2D eigenvalue weighted by molar-refractivity contribution is 8.01. The predicted molar refractivity (Wildman–Crippen MR) is 112 cm³/mol. The van der Waals surface area contributed by atoms with E-state index in [1.54, 1.807) is 30.4 Å². The number of carbonyl (C=O) groups excluding carboxylic acids is 1. The molecule has 1 saturated carbocycles. The molecule has 4 N–H and O–H groups in total. The van der Waals surface area contributed by atoms with E-state index in [4.69, 9.17) is 5.11 Å². The fourth-order valence-electron chi connectivity index (χ4n) is 3.09. The summed E-state index contributed by atoms with van der Waals surface area (Å²) in [5.74, 6) is 0.479. The molecule has 1 aromatic carbocycles. The summed E-state index contributed by atoms with van der Waals surface area (Å²) in [6, 6.07) is 6.67. The summed E-state index contributed by atoms with van der Waals surface area (Å²) >= 11 is 2.83. The fraction of sp³-hybridized carbons (Fsp3) is 0.500. The zero-order valence-electron chi connectivity index (χ0n) is 15.4. The van der Waals surface area contributed by atoms with Crippen LogP contribution in [0.15, 0.2) is 36.4 Å². The van der Waals surface area contributed by atoms with Crippen LogP contribution in [0.4, 0.5) is 0 Å². The number of Topliss-reactive ketones (excluding diaryl/α,β-unsaturated/α-hetero) is 1. The van der Waals surface area contributed by atoms with Crippen molar-refractivity contribution in [1.29, 1.82) is 0 Å². The van der Waals surface area contributed by atoms with Crippen LogP contribution in [-0.2, 0) is 16.0 Å². The van der Waals surface area contributed by atoms with Crippen LogP contribution in [0.1, 0.15) is 18.4 Å². The molecule has 154 valence electrons. The molecule has 1 aromatic rings. The molecule has 0 saturated heterocycles. The van der Waals surface area contributed by atoms with E-state index in [1.165, 1.54) is 23.5 Å². The van der Waals surface area contributed by atoms with Gasteiger partial charge in [-0.3, -0.25) is 9.59 Å². The number of hydrogen-bond acceptors (Lipinski definition) is 7. The average Bonchev–Trinajstić information content (AvgIpc) is 2.89. The first-order valence-electron chi connectivity index (χ1n) is 9.13. The van der Waals surface area contributed by atoms with Gasteiger partial charge in [0.2, 0.25) is 0 Å². The van der Waals surface area contributed by atoms with E-state index in [0.717, 1.165) is 12.0 Å². The monoisotopic (exact) mass is 426 g/mol. The molecule has 2 rings (SSSR count). The van der Waals surface area contributed by atoms with Gasteiger partial charge in [0.05, 0.1) is 23.2 Å². The molecule has 28 heavy (non-hydrogen) atoms. The van der Waals surface area contributed by atoms with E-state index < -0.39 is 18.2 Å². The molecule has 1 unspecified atom stereocenters. The maximum atomic E-state index is 12.2. The Kier molecular flexibility index (Phi) is 9.37. The lowest BCUT2D eigenvalue weighted by Gasteiger charge is -2.17. The fourth-order valence-corrected chi connectivity index (χ4v) is 5.28. The summed E-state index contributed by atoms with van der Waals surface area (Å²) in [5, 5.41) is 38.2. The molecule has 8 heteroatoms. The average molecular weight is 427 g/mol. The topological polar surface area (TPSA) is 115 Å². The summed E-state index contributed by atoms with van der Waals surface area (Å²) in [6.07, 6.45) is 3.04. The number of carbonyl (C=O) groups is 2. The lowest BCUT2D eigenvalue weighted by Crippen LogP contribution is -2.22. The van der Waals surface area contributed by atoms with Crippen molar-refractivity contribution in [3.63, 3.8) is 0 Å². The molecule has 0 amide bonds. The van der Waals surface area contributed by atoms with Gasteiger partial charge in [0.25, 0.3) is 0 Å². The molecule has 1 aliphatic carbocycles. The molecule has 0 bridgehead atoms. The molecule has 0 spiro atoms. The third kappa shape index (κ3) is 7.50. The van der Waals surface area contributed by atoms with Crippen molar-refractivity contribution in [3.05, 3.63) is 42.0 Å². The van der Waals surface area contributed by atoms with Crippen LogP contribution in [0, 0.1) is 5.92 Å². The first-order chi connectivity index (χ1) is 13.4. The Hall–Kier alpha value is -1.48. The van der Waals surface area contributed by atoms with Crippen LogP contribution < -0.4 is 0 Å². The van der Waals surface area contributed by atoms with Gasteiger partial charge in [-0.1, -0.05) is 24.3 Å². The number of rotatable bonds is 11. The zero-order chi connectivity index (χ0) is 20.5. The highest BCUT2D eigenvalue weighted by Crippen LogP contribution is 2.34. The van der Waals surface area contributed by atoms with Crippen LogP contribution in [0.2, 0.25) is 0 Å². The van der Waals surface area contributed by atoms with Crippen molar-refractivity contribution in [2.45, 2.75) is 36.7 Å². The second-order valence-electron chi connectivity index (χ2n) is 6.73. The third-order valence-electron chi connectivity index (χ3n) is 4.39. The Labute approximate surface area is 173 Å². The minimum Gasteiger partial charge on any atom is -0.508 e. The number of aromatic hydroxyl groups is 1. The lowest BCUT2D eigenvalue weighted by atomic mass is 10.0. The van der Waals surface area contributed by atoms with Gasteiger partial charge in [-0.25, -0.2) is 0 Å². The summed E-state index contributed by atoms with van der Waals surface area (Å²) in [6.45, 7) is 0. The Morgan fingerprint density at radius 1 is 1.32 bits per heavy atom. The van der Waals surface area contributed by atoms with E-state index in [0.29, 0.717) is 17.9 Å². The standard InChI is InChI=1S/C20H26O6S2/c21-14-4-1-3-13(9-14)10-15(22)5-6-16-17(23)11-18(24)20(16)28-8-2-7-27-12-19(25)26/h1,3-6,9,15-17,20-23H,2,7-8,10-12H2,(H,25,26)/b6-5+/t15?,16-,17+,20+/m0/s1. The molecular formula is C20H26O6S2. The molecular weight excluding hydrogens is 400 g/mol. The summed E-state index contributed by atoms with van der Waals surface area (Å²) < 4.78 is 0. The molecule has 1 aliphatic rings. The van der Waals surface area contributed by atoms with E-state index in [9.17, 15) is 24.9 Å². The maximum Gasteiger partial charge on any atom is 0.313 e. The Morgan fingerprint density at radius 3 is 2.82 bits per heavy atom. The number of aliphatic hydroxyl groups is 2.